The first kappa shape index (κ1) is 13.6. The number of aromatic nitrogens is 1. The minimum Gasteiger partial charge on any atom is -0.477 e. The maximum atomic E-state index is 10.9. The van der Waals surface area contributed by atoms with Gasteiger partial charge in [0.15, 0.2) is 11.5 Å². The highest BCUT2D eigenvalue weighted by atomic mass is 16.5. The van der Waals surface area contributed by atoms with Crippen LogP contribution in [0.4, 0.5) is 11.5 Å². The Morgan fingerprint density at radius 2 is 2.32 bits per heavy atom. The molecule has 0 bridgehead atoms. The minimum atomic E-state index is -1.06. The van der Waals surface area contributed by atoms with E-state index in [0.29, 0.717) is 24.7 Å². The average molecular weight is 265 g/mol. The van der Waals surface area contributed by atoms with Crippen LogP contribution in [0, 0.1) is 5.92 Å². The Hall–Kier alpha value is -1.82. The van der Waals surface area contributed by atoms with Crippen LogP contribution >= 0.6 is 0 Å². The SMILES string of the molecule is CN(CCOCC1CC1)c1nc(C(=O)O)ccc1N. The van der Waals surface area contributed by atoms with Gasteiger partial charge in [-0.3, -0.25) is 0 Å². The van der Waals surface area contributed by atoms with E-state index < -0.39 is 5.97 Å². The number of rotatable bonds is 7. The lowest BCUT2D eigenvalue weighted by atomic mass is 10.3. The summed E-state index contributed by atoms with van der Waals surface area (Å²) in [5, 5.41) is 8.92. The Morgan fingerprint density at radius 3 is 2.95 bits per heavy atom. The van der Waals surface area contributed by atoms with Crippen molar-refractivity contribution in [3.8, 4) is 0 Å². The van der Waals surface area contributed by atoms with E-state index in [1.54, 1.807) is 6.07 Å². The molecule has 19 heavy (non-hydrogen) atoms. The molecule has 0 saturated heterocycles. The Balaban J connectivity index is 1.90. The summed E-state index contributed by atoms with van der Waals surface area (Å²) >= 11 is 0. The quantitative estimate of drug-likeness (QED) is 0.721. The zero-order chi connectivity index (χ0) is 13.8. The van der Waals surface area contributed by atoms with Crippen molar-refractivity contribution in [3.63, 3.8) is 0 Å². The van der Waals surface area contributed by atoms with Gasteiger partial charge in [-0.2, -0.15) is 0 Å². The molecule has 3 N–H and O–H groups in total. The minimum absolute atomic E-state index is 0.00468. The van der Waals surface area contributed by atoms with Crippen LogP contribution in [0.3, 0.4) is 0 Å². The molecule has 1 aliphatic rings. The summed E-state index contributed by atoms with van der Waals surface area (Å²) in [5.41, 5.74) is 6.28. The van der Waals surface area contributed by atoms with Crippen LogP contribution in [-0.4, -0.2) is 42.9 Å². The number of anilines is 2. The van der Waals surface area contributed by atoms with Gasteiger partial charge in [-0.05, 0) is 30.9 Å². The number of aromatic carboxylic acids is 1. The van der Waals surface area contributed by atoms with Gasteiger partial charge in [0.2, 0.25) is 0 Å². The third-order valence-corrected chi connectivity index (χ3v) is 3.11. The summed E-state index contributed by atoms with van der Waals surface area (Å²) in [6, 6.07) is 2.96. The van der Waals surface area contributed by atoms with E-state index in [4.69, 9.17) is 15.6 Å². The zero-order valence-corrected chi connectivity index (χ0v) is 11.0. The highest BCUT2D eigenvalue weighted by molar-refractivity contribution is 5.86. The summed E-state index contributed by atoms with van der Waals surface area (Å²) in [5.74, 6) is 0.165. The maximum Gasteiger partial charge on any atom is 0.354 e. The molecule has 6 nitrogen and oxygen atoms in total. The predicted molar refractivity (Wildman–Crippen MR) is 72.4 cm³/mol. The summed E-state index contributed by atoms with van der Waals surface area (Å²) in [4.78, 5) is 16.7. The van der Waals surface area contributed by atoms with E-state index in [2.05, 4.69) is 4.98 Å². The first-order valence-electron chi connectivity index (χ1n) is 6.36. The molecule has 1 aliphatic carbocycles. The van der Waals surface area contributed by atoms with Crippen LogP contribution < -0.4 is 10.6 Å². The second-order valence-corrected chi connectivity index (χ2v) is 4.85. The number of carboxylic acid groups (broad SMARTS) is 1. The van der Waals surface area contributed by atoms with Crippen molar-refractivity contribution in [2.24, 2.45) is 5.92 Å². The van der Waals surface area contributed by atoms with Crippen LogP contribution in [0.2, 0.25) is 0 Å². The Labute approximate surface area is 112 Å². The summed E-state index contributed by atoms with van der Waals surface area (Å²) < 4.78 is 5.54. The molecule has 1 heterocycles. The smallest absolute Gasteiger partial charge is 0.354 e. The largest absolute Gasteiger partial charge is 0.477 e. The average Bonchev–Trinajstić information content (AvgIpc) is 3.18. The van der Waals surface area contributed by atoms with E-state index in [-0.39, 0.29) is 5.69 Å². The number of likely N-dealkylation sites (N-methyl/N-ethyl adjacent to an activating group) is 1. The Morgan fingerprint density at radius 1 is 1.58 bits per heavy atom. The molecule has 0 amide bonds. The fourth-order valence-corrected chi connectivity index (χ4v) is 1.73. The normalized spacial score (nSPS) is 14.4. The molecule has 1 saturated carbocycles. The maximum absolute atomic E-state index is 10.9. The lowest BCUT2D eigenvalue weighted by Crippen LogP contribution is -2.25. The fraction of sp³-hybridized carbons (Fsp3) is 0.538. The number of carbonyl (C=O) groups is 1. The Bertz CT molecular complexity index is 460. The topological polar surface area (TPSA) is 88.7 Å². The van der Waals surface area contributed by atoms with E-state index in [1.807, 2.05) is 11.9 Å². The van der Waals surface area contributed by atoms with E-state index in [9.17, 15) is 4.79 Å². The lowest BCUT2D eigenvalue weighted by Gasteiger charge is -2.20. The first-order chi connectivity index (χ1) is 9.08. The number of hydrogen-bond acceptors (Lipinski definition) is 5. The van der Waals surface area contributed by atoms with Crippen molar-refractivity contribution < 1.29 is 14.6 Å². The van der Waals surface area contributed by atoms with E-state index in [1.165, 1.54) is 18.9 Å². The van der Waals surface area contributed by atoms with Gasteiger partial charge in [0.05, 0.1) is 12.3 Å². The van der Waals surface area contributed by atoms with Crippen molar-refractivity contribution in [1.29, 1.82) is 0 Å². The van der Waals surface area contributed by atoms with Crippen molar-refractivity contribution in [2.45, 2.75) is 12.8 Å². The highest BCUT2D eigenvalue weighted by Gasteiger charge is 2.21. The Kier molecular flexibility index (Phi) is 4.21. The second kappa shape index (κ2) is 5.88. The molecular weight excluding hydrogens is 246 g/mol. The first-order valence-corrected chi connectivity index (χ1v) is 6.36. The van der Waals surface area contributed by atoms with Crippen LogP contribution in [0.1, 0.15) is 23.3 Å². The predicted octanol–water partition coefficient (Wildman–Crippen LogP) is 1.22. The van der Waals surface area contributed by atoms with Crippen molar-refractivity contribution in [2.75, 3.05) is 37.4 Å². The number of hydrogen-bond donors (Lipinski definition) is 2. The van der Waals surface area contributed by atoms with Crippen molar-refractivity contribution in [3.05, 3.63) is 17.8 Å². The zero-order valence-electron chi connectivity index (χ0n) is 11.0. The van der Waals surface area contributed by atoms with Gasteiger partial charge in [0.1, 0.15) is 0 Å². The lowest BCUT2D eigenvalue weighted by molar-refractivity contribution is 0.0690. The van der Waals surface area contributed by atoms with Gasteiger partial charge >= 0.3 is 5.97 Å². The third-order valence-electron chi connectivity index (χ3n) is 3.11. The molecule has 0 unspecified atom stereocenters. The second-order valence-electron chi connectivity index (χ2n) is 4.85. The molecule has 1 aromatic rings. The molecule has 2 rings (SSSR count). The van der Waals surface area contributed by atoms with Gasteiger partial charge in [-0.25, -0.2) is 9.78 Å². The molecule has 0 spiro atoms. The standard InChI is InChI=1S/C13H19N3O3/c1-16(6-7-19-8-9-2-3-9)12-10(14)4-5-11(15-12)13(17)18/h4-5,9H,2-3,6-8,14H2,1H3,(H,17,18). The molecule has 6 heteroatoms. The van der Waals surface area contributed by atoms with Gasteiger partial charge < -0.3 is 20.5 Å². The number of ether oxygens (including phenoxy) is 1. The number of nitrogen functional groups attached to an aromatic ring is 1. The van der Waals surface area contributed by atoms with Gasteiger partial charge in [-0.15, -0.1) is 0 Å². The van der Waals surface area contributed by atoms with Crippen LogP contribution in [0.25, 0.3) is 0 Å². The van der Waals surface area contributed by atoms with E-state index >= 15 is 0 Å². The fourth-order valence-electron chi connectivity index (χ4n) is 1.73. The molecule has 104 valence electrons. The molecule has 1 aromatic heterocycles. The molecule has 0 atom stereocenters. The third kappa shape index (κ3) is 3.82. The van der Waals surface area contributed by atoms with Crippen LogP contribution in [0.15, 0.2) is 12.1 Å². The van der Waals surface area contributed by atoms with Gasteiger partial charge in [0.25, 0.3) is 0 Å². The number of carboxylic acids is 1. The highest BCUT2D eigenvalue weighted by Crippen LogP contribution is 2.28. The van der Waals surface area contributed by atoms with Crippen LogP contribution in [0.5, 0.6) is 0 Å². The summed E-state index contributed by atoms with van der Waals surface area (Å²) in [6.45, 7) is 2.03. The molecule has 0 aromatic carbocycles. The molecule has 0 aliphatic heterocycles. The van der Waals surface area contributed by atoms with E-state index in [0.717, 1.165) is 12.5 Å². The van der Waals surface area contributed by atoms with Gasteiger partial charge in [0, 0.05) is 20.2 Å². The molecular formula is C13H19N3O3. The van der Waals surface area contributed by atoms with Crippen LogP contribution in [-0.2, 0) is 4.74 Å². The van der Waals surface area contributed by atoms with Crippen molar-refractivity contribution in [1.82, 2.24) is 4.98 Å². The number of nitrogens with zero attached hydrogens (tertiary/aromatic N) is 2. The number of pyridine rings is 1. The monoisotopic (exact) mass is 265 g/mol. The summed E-state index contributed by atoms with van der Waals surface area (Å²) in [7, 11) is 1.82. The molecule has 1 fully saturated rings. The number of nitrogens with two attached hydrogens (primary N) is 1. The van der Waals surface area contributed by atoms with Crippen molar-refractivity contribution >= 4 is 17.5 Å². The summed E-state index contributed by atoms with van der Waals surface area (Å²) in [6.07, 6.45) is 2.54. The molecule has 0 radical (unpaired) electrons. The van der Waals surface area contributed by atoms with Gasteiger partial charge in [-0.1, -0.05) is 0 Å².